The number of aromatic nitrogens is 1. The first-order valence-electron chi connectivity index (χ1n) is 11.8. The molecule has 1 aliphatic heterocycles. The number of Topliss-reactive ketones (excluding diaryl/α,β-unsaturated/α-hetero) is 1. The van der Waals surface area contributed by atoms with Crippen molar-refractivity contribution in [3.05, 3.63) is 80.7 Å². The smallest absolute Gasteiger partial charge is 0.350 e. The topological polar surface area (TPSA) is 115 Å². The molecule has 11 heteroatoms. The van der Waals surface area contributed by atoms with Gasteiger partial charge in [-0.25, -0.2) is 9.78 Å². The van der Waals surface area contributed by atoms with Crippen molar-refractivity contribution < 1.29 is 33.7 Å². The van der Waals surface area contributed by atoms with Crippen molar-refractivity contribution in [3.8, 4) is 11.5 Å². The standard InChI is InChI=1S/C27H26N2O7S2/c1-5-12-36-26(33)24-15(4)28-27(38-24)29-21(16-10-11-17(34-6-2)18(14-16)35-7-3)20(23(31)25(29)32)22(30)19-9-8-13-37-19/h5,8-11,13-14,21,31H,1,6-7,12H2,2-4H3. The molecule has 1 aromatic carbocycles. The zero-order valence-corrected chi connectivity index (χ0v) is 22.7. The Hall–Kier alpha value is -3.96. The number of hydrogen-bond donors (Lipinski definition) is 1. The molecule has 198 valence electrons. The van der Waals surface area contributed by atoms with Crippen LogP contribution in [0.1, 0.15) is 50.5 Å². The molecule has 0 saturated heterocycles. The van der Waals surface area contributed by atoms with E-state index in [0.29, 0.717) is 40.8 Å². The van der Waals surface area contributed by atoms with Gasteiger partial charge in [-0.1, -0.05) is 36.1 Å². The van der Waals surface area contributed by atoms with Gasteiger partial charge in [-0.15, -0.1) is 11.3 Å². The Kier molecular flexibility index (Phi) is 8.28. The van der Waals surface area contributed by atoms with Crippen LogP contribution in [0.3, 0.4) is 0 Å². The van der Waals surface area contributed by atoms with Gasteiger partial charge in [-0.3, -0.25) is 14.5 Å². The lowest BCUT2D eigenvalue weighted by Gasteiger charge is -2.25. The normalized spacial score (nSPS) is 15.1. The Morgan fingerprint density at radius 3 is 2.58 bits per heavy atom. The molecule has 0 saturated carbocycles. The molecule has 9 nitrogen and oxygen atoms in total. The van der Waals surface area contributed by atoms with Crippen molar-refractivity contribution in [1.82, 2.24) is 4.98 Å². The molecular weight excluding hydrogens is 528 g/mol. The van der Waals surface area contributed by atoms with E-state index in [1.807, 2.05) is 13.8 Å². The number of rotatable bonds is 11. The molecule has 1 amide bonds. The molecule has 4 rings (SSSR count). The fourth-order valence-corrected chi connectivity index (χ4v) is 5.67. The third kappa shape index (κ3) is 5.07. The summed E-state index contributed by atoms with van der Waals surface area (Å²) in [6.45, 7) is 9.63. The molecule has 0 spiro atoms. The molecule has 1 atom stereocenters. The van der Waals surface area contributed by atoms with Gasteiger partial charge < -0.3 is 19.3 Å². The minimum absolute atomic E-state index is 0.0188. The van der Waals surface area contributed by atoms with Crippen LogP contribution in [0.2, 0.25) is 0 Å². The molecule has 2 aromatic heterocycles. The van der Waals surface area contributed by atoms with Gasteiger partial charge in [-0.2, -0.15) is 0 Å². The highest BCUT2D eigenvalue weighted by atomic mass is 32.1. The van der Waals surface area contributed by atoms with Gasteiger partial charge in [-0.05, 0) is 49.9 Å². The van der Waals surface area contributed by atoms with Gasteiger partial charge in [0.25, 0.3) is 5.91 Å². The third-order valence-electron chi connectivity index (χ3n) is 5.59. The number of anilines is 1. The van der Waals surface area contributed by atoms with Gasteiger partial charge in [0, 0.05) is 0 Å². The predicted octanol–water partition coefficient (Wildman–Crippen LogP) is 5.44. The number of ketones is 1. The molecule has 3 heterocycles. The van der Waals surface area contributed by atoms with Gasteiger partial charge in [0.15, 0.2) is 22.4 Å². The molecule has 0 fully saturated rings. The summed E-state index contributed by atoms with van der Waals surface area (Å²) in [5.41, 5.74) is 0.760. The quantitative estimate of drug-likeness (QED) is 0.189. The Balaban J connectivity index is 1.86. The van der Waals surface area contributed by atoms with E-state index in [4.69, 9.17) is 14.2 Å². The fraction of sp³-hybridized carbons (Fsp3) is 0.259. The number of amides is 1. The number of carbonyl (C=O) groups is 3. The number of carbonyl (C=O) groups excluding carboxylic acids is 3. The molecule has 1 aliphatic rings. The lowest BCUT2D eigenvalue weighted by atomic mass is 9.95. The minimum Gasteiger partial charge on any atom is -0.503 e. The van der Waals surface area contributed by atoms with Gasteiger partial charge in [0.2, 0.25) is 5.78 Å². The summed E-state index contributed by atoms with van der Waals surface area (Å²) in [6.07, 6.45) is 1.45. The number of nitrogens with zero attached hydrogens (tertiary/aromatic N) is 2. The maximum atomic E-state index is 13.6. The van der Waals surface area contributed by atoms with E-state index < -0.39 is 29.5 Å². The van der Waals surface area contributed by atoms with E-state index in [9.17, 15) is 19.5 Å². The third-order valence-corrected chi connectivity index (χ3v) is 7.60. The van der Waals surface area contributed by atoms with Crippen molar-refractivity contribution in [1.29, 1.82) is 0 Å². The van der Waals surface area contributed by atoms with Crippen LogP contribution in [-0.2, 0) is 9.53 Å². The Bertz CT molecular complexity index is 1410. The molecule has 0 aliphatic carbocycles. The largest absolute Gasteiger partial charge is 0.503 e. The summed E-state index contributed by atoms with van der Waals surface area (Å²) in [5, 5.41) is 12.9. The predicted molar refractivity (Wildman–Crippen MR) is 145 cm³/mol. The molecule has 3 aromatic rings. The van der Waals surface area contributed by atoms with E-state index in [-0.39, 0.29) is 22.2 Å². The van der Waals surface area contributed by atoms with E-state index in [2.05, 4.69) is 11.6 Å². The minimum atomic E-state index is -1.03. The van der Waals surface area contributed by atoms with Gasteiger partial charge in [0.1, 0.15) is 11.5 Å². The highest BCUT2D eigenvalue weighted by Crippen LogP contribution is 2.45. The second kappa shape index (κ2) is 11.6. The average Bonchev–Trinajstić information content (AvgIpc) is 3.63. The molecule has 0 radical (unpaired) electrons. The molecule has 1 unspecified atom stereocenters. The summed E-state index contributed by atoms with van der Waals surface area (Å²) in [6, 6.07) is 7.39. The first-order chi connectivity index (χ1) is 18.3. The molecule has 0 bridgehead atoms. The number of hydrogen-bond acceptors (Lipinski definition) is 10. The summed E-state index contributed by atoms with van der Waals surface area (Å²) in [5.74, 6) is -1.64. The zero-order chi connectivity index (χ0) is 27.4. The van der Waals surface area contributed by atoms with Crippen LogP contribution in [0.15, 0.2) is 59.7 Å². The SMILES string of the molecule is C=CCOC(=O)c1sc(N2C(=O)C(O)=C(C(=O)c3cccs3)C2c2ccc(OCC)c(OCC)c2)nc1C. The van der Waals surface area contributed by atoms with Crippen molar-refractivity contribution in [2.75, 3.05) is 24.7 Å². The number of thiazole rings is 1. The van der Waals surface area contributed by atoms with Crippen LogP contribution < -0.4 is 14.4 Å². The average molecular weight is 555 g/mol. The second-order valence-electron chi connectivity index (χ2n) is 8.02. The number of aliphatic hydroxyl groups is 1. The van der Waals surface area contributed by atoms with E-state index in [1.165, 1.54) is 22.3 Å². The highest BCUT2D eigenvalue weighted by molar-refractivity contribution is 7.17. The second-order valence-corrected chi connectivity index (χ2v) is 9.94. The fourth-order valence-electron chi connectivity index (χ4n) is 4.00. The molecular formula is C27H26N2O7S2. The first kappa shape index (κ1) is 27.1. The van der Waals surface area contributed by atoms with E-state index in [1.54, 1.807) is 42.6 Å². The lowest BCUT2D eigenvalue weighted by molar-refractivity contribution is -0.117. The van der Waals surface area contributed by atoms with Crippen molar-refractivity contribution in [2.24, 2.45) is 0 Å². The van der Waals surface area contributed by atoms with Crippen molar-refractivity contribution >= 4 is 45.5 Å². The monoisotopic (exact) mass is 554 g/mol. The van der Waals surface area contributed by atoms with Crippen LogP contribution in [0.25, 0.3) is 0 Å². The van der Waals surface area contributed by atoms with Crippen LogP contribution in [0.5, 0.6) is 11.5 Å². The Morgan fingerprint density at radius 1 is 1.18 bits per heavy atom. The maximum absolute atomic E-state index is 13.6. The summed E-state index contributed by atoms with van der Waals surface area (Å²) < 4.78 is 16.6. The summed E-state index contributed by atoms with van der Waals surface area (Å²) in [4.78, 5) is 45.8. The zero-order valence-electron chi connectivity index (χ0n) is 21.1. The maximum Gasteiger partial charge on any atom is 0.350 e. The van der Waals surface area contributed by atoms with Crippen LogP contribution in [-0.4, -0.2) is 47.6 Å². The number of ether oxygens (including phenoxy) is 3. The summed E-state index contributed by atoms with van der Waals surface area (Å²) >= 11 is 2.14. The number of esters is 1. The van der Waals surface area contributed by atoms with Crippen LogP contribution in [0.4, 0.5) is 5.13 Å². The highest BCUT2D eigenvalue weighted by Gasteiger charge is 2.46. The van der Waals surface area contributed by atoms with Crippen LogP contribution in [0, 0.1) is 6.92 Å². The number of benzene rings is 1. The number of aliphatic hydroxyl groups excluding tert-OH is 1. The van der Waals surface area contributed by atoms with Crippen molar-refractivity contribution in [2.45, 2.75) is 26.8 Å². The molecule has 1 N–H and O–H groups in total. The lowest BCUT2D eigenvalue weighted by Crippen LogP contribution is -2.31. The first-order valence-corrected chi connectivity index (χ1v) is 13.5. The Labute approximate surface area is 227 Å². The van der Waals surface area contributed by atoms with Crippen LogP contribution >= 0.6 is 22.7 Å². The molecule has 38 heavy (non-hydrogen) atoms. The number of aryl methyl sites for hydroxylation is 1. The van der Waals surface area contributed by atoms with Crippen molar-refractivity contribution in [3.63, 3.8) is 0 Å². The van der Waals surface area contributed by atoms with E-state index >= 15 is 0 Å². The van der Waals surface area contributed by atoms with E-state index in [0.717, 1.165) is 11.3 Å². The van der Waals surface area contributed by atoms with Gasteiger partial charge >= 0.3 is 5.97 Å². The number of thiophene rings is 1. The summed E-state index contributed by atoms with van der Waals surface area (Å²) in [7, 11) is 0. The van der Waals surface area contributed by atoms with Gasteiger partial charge in [0.05, 0.1) is 35.4 Å². The Morgan fingerprint density at radius 2 is 1.92 bits per heavy atom.